The third kappa shape index (κ3) is 6.04. The number of carbonyl (C=O) groups is 2. The number of carbonyl (C=O) groups excluding carboxylic acids is 2. The molecule has 0 saturated heterocycles. The van der Waals surface area contributed by atoms with Crippen LogP contribution in [-0.4, -0.2) is 23.0 Å². The minimum atomic E-state index is -0.771. The predicted octanol–water partition coefficient (Wildman–Crippen LogP) is 4.24. The molecule has 32 heavy (non-hydrogen) atoms. The van der Waals surface area contributed by atoms with Gasteiger partial charge in [-0.25, -0.2) is 0 Å². The molecule has 3 rings (SSSR count). The first-order valence-corrected chi connectivity index (χ1v) is 10.7. The zero-order chi connectivity index (χ0) is 23.3. The summed E-state index contributed by atoms with van der Waals surface area (Å²) in [6, 6.07) is 20.8. The van der Waals surface area contributed by atoms with Crippen LogP contribution in [0.15, 0.2) is 66.7 Å². The molecule has 3 aromatic carbocycles. The highest BCUT2D eigenvalue weighted by Gasteiger charge is 2.17. The smallest absolute Gasteiger partial charge is 0.279 e. The average molecular weight is 450 g/mol. The van der Waals surface area contributed by atoms with Crippen molar-refractivity contribution in [1.82, 2.24) is 16.2 Å². The number of ether oxygens (including phenoxy) is 1. The first-order chi connectivity index (χ1) is 15.1. The van der Waals surface area contributed by atoms with Crippen LogP contribution >= 0.6 is 12.2 Å². The van der Waals surface area contributed by atoms with Crippen LogP contribution < -0.4 is 20.9 Å². The van der Waals surface area contributed by atoms with Gasteiger partial charge in [0.15, 0.2) is 11.2 Å². The summed E-state index contributed by atoms with van der Waals surface area (Å²) >= 11 is 5.10. The van der Waals surface area contributed by atoms with E-state index in [-0.39, 0.29) is 16.4 Å². The average Bonchev–Trinajstić information content (AvgIpc) is 2.76. The van der Waals surface area contributed by atoms with Gasteiger partial charge in [0.05, 0.1) is 0 Å². The largest absolute Gasteiger partial charge is 0.481 e. The molecule has 0 aliphatic heterocycles. The van der Waals surface area contributed by atoms with Crippen molar-refractivity contribution in [1.29, 1.82) is 0 Å². The normalized spacial score (nSPS) is 12.0. The number of thiocarbonyl (C=S) groups is 1. The number of hydrogen-bond acceptors (Lipinski definition) is 4. The van der Waals surface area contributed by atoms with Gasteiger partial charge in [-0.1, -0.05) is 63.2 Å². The molecule has 7 heteroatoms. The van der Waals surface area contributed by atoms with Gasteiger partial charge in [-0.2, -0.15) is 0 Å². The Morgan fingerprint density at radius 2 is 1.56 bits per heavy atom. The maximum atomic E-state index is 12.4. The standard InChI is InChI=1S/C25H27N3O3S/c1-16(31-21-14-11-17-7-5-6-8-19(17)15-21)22(29)27-28-24(32)26-23(30)18-9-12-20(13-10-18)25(2,3)4/h5-16H,1-4H3,(H,27,29)(H2,26,28,30,32). The molecule has 1 unspecified atom stereocenters. The minimum absolute atomic E-state index is 0.00174. The Morgan fingerprint density at radius 1 is 0.906 bits per heavy atom. The van der Waals surface area contributed by atoms with Gasteiger partial charge < -0.3 is 4.74 Å². The van der Waals surface area contributed by atoms with Crippen LogP contribution in [-0.2, 0) is 10.2 Å². The molecular weight excluding hydrogens is 422 g/mol. The number of rotatable bonds is 4. The molecular formula is C25H27N3O3S. The second-order valence-corrected chi connectivity index (χ2v) is 8.90. The Kier molecular flexibility index (Phi) is 7.10. The molecule has 166 valence electrons. The lowest BCUT2D eigenvalue weighted by Gasteiger charge is -2.19. The van der Waals surface area contributed by atoms with Crippen molar-refractivity contribution in [2.45, 2.75) is 39.2 Å². The van der Waals surface area contributed by atoms with E-state index in [2.05, 4.69) is 36.9 Å². The van der Waals surface area contributed by atoms with Crippen LogP contribution in [0.25, 0.3) is 10.8 Å². The maximum Gasteiger partial charge on any atom is 0.279 e. The lowest BCUT2D eigenvalue weighted by Crippen LogP contribution is -2.51. The fourth-order valence-electron chi connectivity index (χ4n) is 3.05. The summed E-state index contributed by atoms with van der Waals surface area (Å²) in [6.45, 7) is 7.95. The summed E-state index contributed by atoms with van der Waals surface area (Å²) < 4.78 is 5.72. The molecule has 0 heterocycles. The van der Waals surface area contributed by atoms with Crippen LogP contribution in [0.5, 0.6) is 5.75 Å². The highest BCUT2D eigenvalue weighted by molar-refractivity contribution is 7.80. The van der Waals surface area contributed by atoms with E-state index in [9.17, 15) is 9.59 Å². The van der Waals surface area contributed by atoms with Gasteiger partial charge in [0.1, 0.15) is 5.75 Å². The van der Waals surface area contributed by atoms with Crippen molar-refractivity contribution in [3.63, 3.8) is 0 Å². The van der Waals surface area contributed by atoms with Crippen LogP contribution in [0.4, 0.5) is 0 Å². The second kappa shape index (κ2) is 9.78. The zero-order valence-electron chi connectivity index (χ0n) is 18.6. The van der Waals surface area contributed by atoms with Crippen molar-refractivity contribution in [2.75, 3.05) is 0 Å². The fourth-order valence-corrected chi connectivity index (χ4v) is 3.19. The fraction of sp³-hybridized carbons (Fsp3) is 0.240. The summed E-state index contributed by atoms with van der Waals surface area (Å²) in [5, 5.41) is 4.65. The first-order valence-electron chi connectivity index (χ1n) is 10.3. The number of hydrazine groups is 1. The van der Waals surface area contributed by atoms with Crippen LogP contribution in [0.3, 0.4) is 0 Å². The third-order valence-corrected chi connectivity index (χ3v) is 5.15. The Balaban J connectivity index is 1.49. The number of benzene rings is 3. The van der Waals surface area contributed by atoms with Crippen LogP contribution in [0, 0.1) is 0 Å². The molecule has 0 aromatic heterocycles. The van der Waals surface area contributed by atoms with E-state index in [1.165, 1.54) is 0 Å². The number of hydrogen-bond donors (Lipinski definition) is 3. The van der Waals surface area contributed by atoms with E-state index in [0.29, 0.717) is 11.3 Å². The van der Waals surface area contributed by atoms with E-state index in [1.807, 2.05) is 54.6 Å². The van der Waals surface area contributed by atoms with Gasteiger partial charge in [0.25, 0.3) is 11.8 Å². The summed E-state index contributed by atoms with van der Waals surface area (Å²) in [5.41, 5.74) is 6.59. The molecule has 3 N–H and O–H groups in total. The van der Waals surface area contributed by atoms with Crippen molar-refractivity contribution in [3.8, 4) is 5.75 Å². The molecule has 0 aliphatic rings. The monoisotopic (exact) mass is 449 g/mol. The number of amides is 2. The summed E-state index contributed by atoms with van der Waals surface area (Å²) in [5.74, 6) is -0.206. The Hall–Kier alpha value is -3.45. The Bertz CT molecular complexity index is 1140. The molecule has 0 spiro atoms. The Labute approximate surface area is 193 Å². The lowest BCUT2D eigenvalue weighted by atomic mass is 9.87. The van der Waals surface area contributed by atoms with Gasteiger partial charge in [0.2, 0.25) is 0 Å². The van der Waals surface area contributed by atoms with Gasteiger partial charge in [-0.15, -0.1) is 0 Å². The van der Waals surface area contributed by atoms with E-state index < -0.39 is 12.0 Å². The molecule has 1 atom stereocenters. The topological polar surface area (TPSA) is 79.5 Å². The molecule has 0 radical (unpaired) electrons. The molecule has 3 aromatic rings. The van der Waals surface area contributed by atoms with Crippen molar-refractivity contribution in [2.24, 2.45) is 0 Å². The van der Waals surface area contributed by atoms with Gasteiger partial charge in [-0.3, -0.25) is 25.8 Å². The summed E-state index contributed by atoms with van der Waals surface area (Å²) in [6.07, 6.45) is -0.771. The Morgan fingerprint density at radius 3 is 2.22 bits per heavy atom. The molecule has 0 bridgehead atoms. The van der Waals surface area contributed by atoms with Gasteiger partial charge >= 0.3 is 0 Å². The molecule has 0 saturated carbocycles. The van der Waals surface area contributed by atoms with E-state index in [0.717, 1.165) is 16.3 Å². The molecule has 2 amide bonds. The van der Waals surface area contributed by atoms with Gasteiger partial charge in [-0.05, 0) is 65.2 Å². The van der Waals surface area contributed by atoms with Crippen molar-refractivity contribution in [3.05, 3.63) is 77.9 Å². The van der Waals surface area contributed by atoms with Crippen molar-refractivity contribution >= 4 is 39.9 Å². The maximum absolute atomic E-state index is 12.4. The SMILES string of the molecule is CC(Oc1ccc2ccccc2c1)C(=O)NNC(=S)NC(=O)c1ccc(C(C)(C)C)cc1. The summed E-state index contributed by atoms with van der Waals surface area (Å²) in [4.78, 5) is 24.7. The predicted molar refractivity (Wildman–Crippen MR) is 131 cm³/mol. The van der Waals surface area contributed by atoms with Crippen LogP contribution in [0.1, 0.15) is 43.6 Å². The second-order valence-electron chi connectivity index (χ2n) is 8.49. The zero-order valence-corrected chi connectivity index (χ0v) is 19.4. The summed E-state index contributed by atoms with van der Waals surface area (Å²) in [7, 11) is 0. The minimum Gasteiger partial charge on any atom is -0.481 e. The highest BCUT2D eigenvalue weighted by atomic mass is 32.1. The quantitative estimate of drug-likeness (QED) is 0.410. The highest BCUT2D eigenvalue weighted by Crippen LogP contribution is 2.22. The van der Waals surface area contributed by atoms with Gasteiger partial charge in [0, 0.05) is 5.56 Å². The molecule has 0 aliphatic carbocycles. The van der Waals surface area contributed by atoms with E-state index >= 15 is 0 Å². The lowest BCUT2D eigenvalue weighted by molar-refractivity contribution is -0.127. The van der Waals surface area contributed by atoms with E-state index in [4.69, 9.17) is 17.0 Å². The van der Waals surface area contributed by atoms with E-state index in [1.54, 1.807) is 19.1 Å². The number of fused-ring (bicyclic) bond motifs is 1. The van der Waals surface area contributed by atoms with Crippen molar-refractivity contribution < 1.29 is 14.3 Å². The number of nitrogens with one attached hydrogen (secondary N) is 3. The first kappa shape index (κ1) is 23.2. The molecule has 6 nitrogen and oxygen atoms in total. The molecule has 0 fully saturated rings. The van der Waals surface area contributed by atoms with Crippen LogP contribution in [0.2, 0.25) is 0 Å². The third-order valence-electron chi connectivity index (χ3n) is 4.94.